The van der Waals surface area contributed by atoms with Crippen molar-refractivity contribution in [3.05, 3.63) is 60.4 Å². The Labute approximate surface area is 147 Å². The van der Waals surface area contributed by atoms with E-state index in [9.17, 15) is 8.42 Å². The first kappa shape index (κ1) is 17.3. The molecule has 3 aromatic rings. The summed E-state index contributed by atoms with van der Waals surface area (Å²) in [5.74, 6) is 1.58. The van der Waals surface area contributed by atoms with Crippen molar-refractivity contribution in [2.24, 2.45) is 0 Å². The summed E-state index contributed by atoms with van der Waals surface area (Å²) in [7, 11) is -3.19. The molecule has 0 spiro atoms. The number of rotatable bonds is 5. The molecule has 0 aliphatic heterocycles. The molecule has 0 saturated heterocycles. The highest BCUT2D eigenvalue weighted by atomic mass is 32.2. The SMILES string of the molecule is CCc1ncc(-c2nccn2[C@H](C)c2ccc(S(C)(=O)=O)cc2)cn1. The normalized spacial score (nSPS) is 12.9. The fraction of sp³-hybridized carbons (Fsp3) is 0.278. The number of hydrogen-bond acceptors (Lipinski definition) is 5. The van der Waals surface area contributed by atoms with Crippen LogP contribution in [0.2, 0.25) is 0 Å². The zero-order chi connectivity index (χ0) is 18.0. The molecule has 0 aliphatic carbocycles. The quantitative estimate of drug-likeness (QED) is 0.702. The summed E-state index contributed by atoms with van der Waals surface area (Å²) in [6.07, 6.45) is 9.20. The molecule has 0 bridgehead atoms. The molecule has 2 heterocycles. The van der Waals surface area contributed by atoms with Gasteiger partial charge in [-0.15, -0.1) is 0 Å². The van der Waals surface area contributed by atoms with Crippen LogP contribution in [-0.2, 0) is 16.3 Å². The number of benzene rings is 1. The van der Waals surface area contributed by atoms with Crippen molar-refractivity contribution >= 4 is 9.84 Å². The van der Waals surface area contributed by atoms with E-state index in [0.717, 1.165) is 29.2 Å². The summed E-state index contributed by atoms with van der Waals surface area (Å²) < 4.78 is 25.2. The molecule has 3 rings (SSSR count). The average Bonchev–Trinajstić information content (AvgIpc) is 3.10. The molecular formula is C18H20N4O2S. The zero-order valence-corrected chi connectivity index (χ0v) is 15.2. The summed E-state index contributed by atoms with van der Waals surface area (Å²) in [6, 6.07) is 6.94. The van der Waals surface area contributed by atoms with Crippen LogP contribution in [0.4, 0.5) is 0 Å². The van der Waals surface area contributed by atoms with Crippen molar-refractivity contribution in [2.45, 2.75) is 31.2 Å². The minimum atomic E-state index is -3.19. The highest BCUT2D eigenvalue weighted by Crippen LogP contribution is 2.25. The Morgan fingerprint density at radius 1 is 1.08 bits per heavy atom. The lowest BCUT2D eigenvalue weighted by Gasteiger charge is -2.17. The van der Waals surface area contributed by atoms with Crippen LogP contribution in [0.3, 0.4) is 0 Å². The van der Waals surface area contributed by atoms with Crippen LogP contribution in [0.5, 0.6) is 0 Å². The third-order valence-electron chi connectivity index (χ3n) is 4.16. The number of nitrogens with zero attached hydrogens (tertiary/aromatic N) is 4. The standard InChI is InChI=1S/C18H20N4O2S/c1-4-17-20-11-15(12-21-17)18-19-9-10-22(18)13(2)14-5-7-16(8-6-14)25(3,23)24/h5-13H,4H2,1-3H3/t13-/m1/s1. The van der Waals surface area contributed by atoms with Crippen molar-refractivity contribution in [3.8, 4) is 11.4 Å². The number of aromatic nitrogens is 4. The van der Waals surface area contributed by atoms with E-state index < -0.39 is 9.84 Å². The van der Waals surface area contributed by atoms with E-state index in [4.69, 9.17) is 0 Å². The summed E-state index contributed by atoms with van der Waals surface area (Å²) in [4.78, 5) is 13.4. The second-order valence-corrected chi connectivity index (χ2v) is 7.93. The third-order valence-corrected chi connectivity index (χ3v) is 5.28. The van der Waals surface area contributed by atoms with Gasteiger partial charge in [0.25, 0.3) is 0 Å². The van der Waals surface area contributed by atoms with Gasteiger partial charge in [-0.1, -0.05) is 19.1 Å². The summed E-state index contributed by atoms with van der Waals surface area (Å²) in [5, 5.41) is 0. The maximum absolute atomic E-state index is 11.6. The number of sulfone groups is 1. The molecule has 2 aromatic heterocycles. The molecule has 0 aliphatic rings. The van der Waals surface area contributed by atoms with Crippen molar-refractivity contribution < 1.29 is 8.42 Å². The molecule has 0 saturated carbocycles. The van der Waals surface area contributed by atoms with E-state index in [1.807, 2.05) is 36.7 Å². The van der Waals surface area contributed by atoms with Gasteiger partial charge in [0.05, 0.1) is 16.5 Å². The Kier molecular flexibility index (Phi) is 4.67. The Hall–Kier alpha value is -2.54. The van der Waals surface area contributed by atoms with Gasteiger partial charge in [-0.05, 0) is 24.6 Å². The van der Waals surface area contributed by atoms with E-state index in [1.165, 1.54) is 6.26 Å². The Morgan fingerprint density at radius 3 is 2.28 bits per heavy atom. The number of imidazole rings is 1. The van der Waals surface area contributed by atoms with Gasteiger partial charge in [-0.2, -0.15) is 0 Å². The second-order valence-electron chi connectivity index (χ2n) is 5.92. The first-order chi connectivity index (χ1) is 11.9. The average molecular weight is 356 g/mol. The van der Waals surface area contributed by atoms with Gasteiger partial charge in [0.1, 0.15) is 11.6 Å². The van der Waals surface area contributed by atoms with Crippen LogP contribution >= 0.6 is 0 Å². The lowest BCUT2D eigenvalue weighted by molar-refractivity contribution is 0.601. The highest BCUT2D eigenvalue weighted by Gasteiger charge is 2.15. The Bertz CT molecular complexity index is 961. The maximum Gasteiger partial charge on any atom is 0.175 e. The first-order valence-corrected chi connectivity index (χ1v) is 9.93. The Balaban J connectivity index is 1.93. The minimum Gasteiger partial charge on any atom is -0.324 e. The largest absolute Gasteiger partial charge is 0.324 e. The van der Waals surface area contributed by atoms with Crippen molar-refractivity contribution in [2.75, 3.05) is 6.26 Å². The van der Waals surface area contributed by atoms with Gasteiger partial charge in [0, 0.05) is 37.5 Å². The van der Waals surface area contributed by atoms with Gasteiger partial charge in [0.2, 0.25) is 0 Å². The second kappa shape index (κ2) is 6.76. The fourth-order valence-electron chi connectivity index (χ4n) is 2.66. The zero-order valence-electron chi connectivity index (χ0n) is 14.4. The predicted molar refractivity (Wildman–Crippen MR) is 96.0 cm³/mol. The smallest absolute Gasteiger partial charge is 0.175 e. The number of hydrogen-bond donors (Lipinski definition) is 0. The van der Waals surface area contributed by atoms with Crippen LogP contribution in [-0.4, -0.2) is 34.2 Å². The predicted octanol–water partition coefficient (Wildman–Crippen LogP) is 2.92. The van der Waals surface area contributed by atoms with Gasteiger partial charge < -0.3 is 4.57 Å². The van der Waals surface area contributed by atoms with Gasteiger partial charge in [-0.3, -0.25) is 0 Å². The summed E-state index contributed by atoms with van der Waals surface area (Å²) >= 11 is 0. The monoisotopic (exact) mass is 356 g/mol. The first-order valence-electron chi connectivity index (χ1n) is 8.04. The molecule has 0 unspecified atom stereocenters. The molecule has 130 valence electrons. The van der Waals surface area contributed by atoms with Crippen molar-refractivity contribution in [1.29, 1.82) is 0 Å². The van der Waals surface area contributed by atoms with Crippen LogP contribution in [0, 0.1) is 0 Å². The molecule has 1 atom stereocenters. The van der Waals surface area contributed by atoms with E-state index in [2.05, 4.69) is 15.0 Å². The lowest BCUT2D eigenvalue weighted by Crippen LogP contribution is -2.08. The van der Waals surface area contributed by atoms with Crippen LogP contribution < -0.4 is 0 Å². The molecule has 0 amide bonds. The topological polar surface area (TPSA) is 77.7 Å². The molecule has 0 radical (unpaired) electrons. The van der Waals surface area contributed by atoms with Gasteiger partial charge in [0.15, 0.2) is 9.84 Å². The molecule has 0 fully saturated rings. The molecule has 6 nitrogen and oxygen atoms in total. The maximum atomic E-state index is 11.6. The molecule has 0 N–H and O–H groups in total. The summed E-state index contributed by atoms with van der Waals surface area (Å²) in [6.45, 7) is 4.06. The lowest BCUT2D eigenvalue weighted by atomic mass is 10.1. The van der Waals surface area contributed by atoms with E-state index >= 15 is 0 Å². The van der Waals surface area contributed by atoms with E-state index in [0.29, 0.717) is 4.90 Å². The van der Waals surface area contributed by atoms with Crippen LogP contribution in [0.1, 0.15) is 31.3 Å². The minimum absolute atomic E-state index is 0.00281. The molecule has 1 aromatic carbocycles. The van der Waals surface area contributed by atoms with Gasteiger partial charge >= 0.3 is 0 Å². The van der Waals surface area contributed by atoms with Crippen molar-refractivity contribution in [3.63, 3.8) is 0 Å². The fourth-order valence-corrected chi connectivity index (χ4v) is 3.29. The van der Waals surface area contributed by atoms with Crippen LogP contribution in [0.15, 0.2) is 53.9 Å². The van der Waals surface area contributed by atoms with Crippen molar-refractivity contribution in [1.82, 2.24) is 19.5 Å². The highest BCUT2D eigenvalue weighted by molar-refractivity contribution is 7.90. The molecule has 25 heavy (non-hydrogen) atoms. The third kappa shape index (κ3) is 3.61. The molecular weight excluding hydrogens is 336 g/mol. The van der Waals surface area contributed by atoms with E-state index in [-0.39, 0.29) is 6.04 Å². The summed E-state index contributed by atoms with van der Waals surface area (Å²) in [5.41, 5.74) is 1.85. The van der Waals surface area contributed by atoms with Gasteiger partial charge in [-0.25, -0.2) is 23.4 Å². The number of aryl methyl sites for hydroxylation is 1. The van der Waals surface area contributed by atoms with E-state index in [1.54, 1.807) is 30.7 Å². The van der Waals surface area contributed by atoms with Crippen LogP contribution in [0.25, 0.3) is 11.4 Å². The Morgan fingerprint density at radius 2 is 1.72 bits per heavy atom. The molecule has 7 heteroatoms.